The van der Waals surface area contributed by atoms with Gasteiger partial charge in [-0.25, -0.2) is 0 Å². The number of carbonyl (C=O) groups excluding carboxylic acids is 1. The van der Waals surface area contributed by atoms with Gasteiger partial charge in [-0.3, -0.25) is 9.79 Å². The molecule has 0 fully saturated rings. The third-order valence-corrected chi connectivity index (χ3v) is 3.11. The molecule has 136 valence electrons. The van der Waals surface area contributed by atoms with Crippen molar-refractivity contribution in [2.45, 2.75) is 19.1 Å². The van der Waals surface area contributed by atoms with Crippen molar-refractivity contribution in [3.63, 3.8) is 0 Å². The van der Waals surface area contributed by atoms with E-state index >= 15 is 0 Å². The maximum Gasteiger partial charge on any atom is 0.416 e. The van der Waals surface area contributed by atoms with E-state index < -0.39 is 11.7 Å². The summed E-state index contributed by atoms with van der Waals surface area (Å²) in [6, 6.07) is 4.97. The lowest BCUT2D eigenvalue weighted by Crippen LogP contribution is -2.39. The fraction of sp³-hybridized carbons (Fsp3) is 0.467. The lowest BCUT2D eigenvalue weighted by Gasteiger charge is -2.22. The van der Waals surface area contributed by atoms with E-state index in [4.69, 9.17) is 0 Å². The second-order valence-corrected chi connectivity index (χ2v) is 4.85. The average molecular weight is 459 g/mol. The van der Waals surface area contributed by atoms with Crippen LogP contribution in [0.1, 0.15) is 17.5 Å². The highest BCUT2D eigenvalue weighted by atomic mass is 127. The standard InChI is InChI=1S/C15H20F3N3O2.HI/c1-19-14(20-9-8-13(22)23-3)21(2)10-11-4-6-12(7-5-11)15(16,17)18;/h4-7H,8-10H2,1-3H3,(H,19,20);1H. The van der Waals surface area contributed by atoms with Crippen LogP contribution in [0.25, 0.3) is 0 Å². The largest absolute Gasteiger partial charge is 0.469 e. The first-order chi connectivity index (χ1) is 10.8. The Labute approximate surface area is 156 Å². The van der Waals surface area contributed by atoms with Crippen LogP contribution < -0.4 is 5.32 Å². The Morgan fingerprint density at radius 3 is 2.33 bits per heavy atom. The molecule has 5 nitrogen and oxygen atoms in total. The molecule has 0 spiro atoms. The van der Waals surface area contributed by atoms with Crippen molar-refractivity contribution in [3.8, 4) is 0 Å². The molecule has 0 unspecified atom stereocenters. The fourth-order valence-electron chi connectivity index (χ4n) is 1.91. The summed E-state index contributed by atoms with van der Waals surface area (Å²) in [5.41, 5.74) is 0.0425. The molecule has 0 atom stereocenters. The summed E-state index contributed by atoms with van der Waals surface area (Å²) in [4.78, 5) is 16.9. The van der Waals surface area contributed by atoms with Gasteiger partial charge in [0.05, 0.1) is 19.1 Å². The van der Waals surface area contributed by atoms with Gasteiger partial charge >= 0.3 is 12.1 Å². The number of halogens is 4. The van der Waals surface area contributed by atoms with E-state index in [2.05, 4.69) is 15.0 Å². The molecule has 0 bridgehead atoms. The number of guanidine groups is 1. The number of carbonyl (C=O) groups is 1. The number of hydrogen-bond donors (Lipinski definition) is 1. The van der Waals surface area contributed by atoms with Gasteiger partial charge in [0.2, 0.25) is 0 Å². The number of esters is 1. The van der Waals surface area contributed by atoms with Gasteiger partial charge < -0.3 is 15.0 Å². The van der Waals surface area contributed by atoms with Gasteiger partial charge in [0, 0.05) is 27.2 Å². The molecule has 9 heteroatoms. The summed E-state index contributed by atoms with van der Waals surface area (Å²) in [5, 5.41) is 2.99. The molecule has 0 aliphatic heterocycles. The van der Waals surface area contributed by atoms with Crippen molar-refractivity contribution in [1.82, 2.24) is 10.2 Å². The molecule has 0 aliphatic rings. The van der Waals surface area contributed by atoms with Crippen LogP contribution in [-0.4, -0.2) is 44.6 Å². The number of ether oxygens (including phenoxy) is 1. The zero-order valence-corrected chi connectivity index (χ0v) is 16.0. The highest BCUT2D eigenvalue weighted by molar-refractivity contribution is 14.0. The Morgan fingerprint density at radius 2 is 1.88 bits per heavy atom. The van der Waals surface area contributed by atoms with E-state index in [0.29, 0.717) is 19.0 Å². The van der Waals surface area contributed by atoms with E-state index in [-0.39, 0.29) is 36.4 Å². The van der Waals surface area contributed by atoms with E-state index in [0.717, 1.165) is 17.7 Å². The van der Waals surface area contributed by atoms with Crippen molar-refractivity contribution in [2.24, 2.45) is 4.99 Å². The van der Waals surface area contributed by atoms with E-state index in [9.17, 15) is 18.0 Å². The number of nitrogens with zero attached hydrogens (tertiary/aromatic N) is 2. The highest BCUT2D eigenvalue weighted by Gasteiger charge is 2.29. The molecular formula is C15H21F3IN3O2. The summed E-state index contributed by atoms with van der Waals surface area (Å²) < 4.78 is 42.1. The van der Waals surface area contributed by atoms with Gasteiger partial charge in [0.1, 0.15) is 0 Å². The molecule has 0 heterocycles. The Bertz CT molecular complexity index is 548. The minimum atomic E-state index is -4.34. The van der Waals surface area contributed by atoms with Crippen LogP contribution in [-0.2, 0) is 22.3 Å². The third-order valence-electron chi connectivity index (χ3n) is 3.11. The van der Waals surface area contributed by atoms with Crippen LogP contribution in [0.3, 0.4) is 0 Å². The van der Waals surface area contributed by atoms with E-state index in [1.54, 1.807) is 19.0 Å². The van der Waals surface area contributed by atoms with Crippen molar-refractivity contribution in [2.75, 3.05) is 27.7 Å². The summed E-state index contributed by atoms with van der Waals surface area (Å²) in [6.07, 6.45) is -4.14. The van der Waals surface area contributed by atoms with Gasteiger partial charge in [-0.15, -0.1) is 24.0 Å². The molecule has 0 aromatic heterocycles. The normalized spacial score (nSPS) is 11.5. The Balaban J connectivity index is 0.00000529. The zero-order chi connectivity index (χ0) is 17.5. The summed E-state index contributed by atoms with van der Waals surface area (Å²) in [5.74, 6) is 0.201. The average Bonchev–Trinajstić information content (AvgIpc) is 2.50. The minimum Gasteiger partial charge on any atom is -0.469 e. The van der Waals surface area contributed by atoms with Gasteiger partial charge in [-0.05, 0) is 17.7 Å². The predicted molar refractivity (Wildman–Crippen MR) is 96.3 cm³/mol. The van der Waals surface area contributed by atoms with Crippen molar-refractivity contribution in [1.29, 1.82) is 0 Å². The molecule has 0 amide bonds. The summed E-state index contributed by atoms with van der Waals surface area (Å²) >= 11 is 0. The van der Waals surface area contributed by atoms with Gasteiger partial charge in [-0.1, -0.05) is 12.1 Å². The summed E-state index contributed by atoms with van der Waals surface area (Å²) in [6.45, 7) is 0.743. The predicted octanol–water partition coefficient (Wildman–Crippen LogP) is 2.89. The molecule has 1 N–H and O–H groups in total. The van der Waals surface area contributed by atoms with Gasteiger partial charge in [0.25, 0.3) is 0 Å². The number of methoxy groups -OCH3 is 1. The number of aliphatic imine (C=N–C) groups is 1. The molecule has 1 aromatic carbocycles. The van der Waals surface area contributed by atoms with Crippen LogP contribution in [0.5, 0.6) is 0 Å². The van der Waals surface area contributed by atoms with Crippen molar-refractivity contribution < 1.29 is 22.7 Å². The second kappa shape index (κ2) is 10.4. The number of alkyl halides is 3. The van der Waals surface area contributed by atoms with E-state index in [1.807, 2.05) is 0 Å². The number of benzene rings is 1. The fourth-order valence-corrected chi connectivity index (χ4v) is 1.91. The van der Waals surface area contributed by atoms with Crippen molar-refractivity contribution in [3.05, 3.63) is 35.4 Å². The SMILES string of the molecule is CN=C(NCCC(=O)OC)N(C)Cc1ccc(C(F)(F)F)cc1.I. The van der Waals surface area contributed by atoms with Crippen LogP contribution in [0.2, 0.25) is 0 Å². The molecule has 0 saturated carbocycles. The molecule has 24 heavy (non-hydrogen) atoms. The molecule has 0 radical (unpaired) electrons. The monoisotopic (exact) mass is 459 g/mol. The zero-order valence-electron chi connectivity index (χ0n) is 13.7. The van der Waals surface area contributed by atoms with Gasteiger partial charge in [0.15, 0.2) is 5.96 Å². The highest BCUT2D eigenvalue weighted by Crippen LogP contribution is 2.29. The lowest BCUT2D eigenvalue weighted by molar-refractivity contribution is -0.140. The smallest absolute Gasteiger partial charge is 0.416 e. The van der Waals surface area contributed by atoms with Crippen LogP contribution in [0.15, 0.2) is 29.3 Å². The van der Waals surface area contributed by atoms with Gasteiger partial charge in [-0.2, -0.15) is 13.2 Å². The first kappa shape index (κ1) is 22.5. The first-order valence-corrected chi connectivity index (χ1v) is 6.92. The quantitative estimate of drug-likeness (QED) is 0.319. The third kappa shape index (κ3) is 7.37. The lowest BCUT2D eigenvalue weighted by atomic mass is 10.1. The maximum absolute atomic E-state index is 12.5. The van der Waals surface area contributed by atoms with Crippen molar-refractivity contribution >= 4 is 35.9 Å². The maximum atomic E-state index is 12.5. The first-order valence-electron chi connectivity index (χ1n) is 6.92. The molecule has 0 aliphatic carbocycles. The summed E-state index contributed by atoms with van der Waals surface area (Å²) in [7, 11) is 4.66. The van der Waals surface area contributed by atoms with Crippen LogP contribution in [0, 0.1) is 0 Å². The molecule has 1 aromatic rings. The Morgan fingerprint density at radius 1 is 1.29 bits per heavy atom. The van der Waals surface area contributed by atoms with Crippen LogP contribution in [0.4, 0.5) is 13.2 Å². The number of hydrogen-bond acceptors (Lipinski definition) is 3. The molecular weight excluding hydrogens is 438 g/mol. The number of nitrogens with one attached hydrogen (secondary N) is 1. The Hall–Kier alpha value is -1.52. The molecule has 1 rings (SSSR count). The topological polar surface area (TPSA) is 53.9 Å². The van der Waals surface area contributed by atoms with E-state index in [1.165, 1.54) is 19.2 Å². The number of rotatable bonds is 5. The second-order valence-electron chi connectivity index (χ2n) is 4.85. The van der Waals surface area contributed by atoms with Crippen LogP contribution >= 0.6 is 24.0 Å². The Kier molecular flexibility index (Phi) is 9.71. The minimum absolute atomic E-state index is 0. The molecule has 0 saturated heterocycles.